The van der Waals surface area contributed by atoms with Crippen LogP contribution in [0, 0.1) is 0 Å². The van der Waals surface area contributed by atoms with E-state index in [0.717, 1.165) is 10.6 Å². The number of nitrogens with two attached hydrogens (primary N) is 1. The van der Waals surface area contributed by atoms with Gasteiger partial charge in [-0.25, -0.2) is 8.42 Å². The lowest BCUT2D eigenvalue weighted by Crippen LogP contribution is -2.25. The minimum Gasteiger partial charge on any atom is -0.399 e. The normalized spacial score (nSPS) is 11.4. The van der Waals surface area contributed by atoms with Crippen LogP contribution in [0.2, 0.25) is 5.02 Å². The van der Waals surface area contributed by atoms with E-state index in [9.17, 15) is 8.42 Å². The van der Waals surface area contributed by atoms with Gasteiger partial charge in [0, 0.05) is 12.7 Å². The van der Waals surface area contributed by atoms with E-state index in [4.69, 9.17) is 17.3 Å². The van der Waals surface area contributed by atoms with Gasteiger partial charge in [-0.3, -0.25) is 4.31 Å². The van der Waals surface area contributed by atoms with E-state index in [0.29, 0.717) is 16.4 Å². The molecule has 0 unspecified atom stereocenters. The fourth-order valence-corrected chi connectivity index (χ4v) is 1.84. The molecular formula is C8H11ClN2O2S. The second kappa shape index (κ2) is 3.67. The third-order valence-corrected chi connectivity index (χ3v) is 3.30. The molecule has 0 aliphatic heterocycles. The summed E-state index contributed by atoms with van der Waals surface area (Å²) in [6.45, 7) is 0. The van der Waals surface area contributed by atoms with Crippen LogP contribution in [-0.2, 0) is 10.0 Å². The Bertz CT molecular complexity index is 445. The third kappa shape index (κ3) is 2.30. The number of halogens is 1. The van der Waals surface area contributed by atoms with E-state index in [-0.39, 0.29) is 0 Å². The van der Waals surface area contributed by atoms with Crippen LogP contribution in [0.15, 0.2) is 18.2 Å². The molecule has 2 N–H and O–H groups in total. The number of rotatable bonds is 2. The van der Waals surface area contributed by atoms with Gasteiger partial charge in [0.1, 0.15) is 0 Å². The number of benzene rings is 1. The van der Waals surface area contributed by atoms with Crippen LogP contribution in [0.3, 0.4) is 0 Å². The molecule has 4 nitrogen and oxygen atoms in total. The van der Waals surface area contributed by atoms with Gasteiger partial charge in [-0.15, -0.1) is 0 Å². The van der Waals surface area contributed by atoms with Crippen LogP contribution in [0.4, 0.5) is 11.4 Å². The Morgan fingerprint density at radius 1 is 1.43 bits per heavy atom. The largest absolute Gasteiger partial charge is 0.399 e. The second-order valence-corrected chi connectivity index (χ2v) is 5.36. The number of nitrogens with zero attached hydrogens (tertiary/aromatic N) is 1. The van der Waals surface area contributed by atoms with Gasteiger partial charge < -0.3 is 5.73 Å². The van der Waals surface area contributed by atoms with E-state index >= 15 is 0 Å². The molecule has 0 atom stereocenters. The Labute approximate surface area is 88.3 Å². The van der Waals surface area contributed by atoms with Crippen molar-refractivity contribution in [2.75, 3.05) is 23.3 Å². The zero-order valence-corrected chi connectivity index (χ0v) is 9.43. The van der Waals surface area contributed by atoms with Crippen LogP contribution in [0.5, 0.6) is 0 Å². The highest BCUT2D eigenvalue weighted by molar-refractivity contribution is 7.92. The molecule has 0 saturated heterocycles. The van der Waals surface area contributed by atoms with Gasteiger partial charge in [-0.2, -0.15) is 0 Å². The molecule has 1 rings (SSSR count). The predicted octanol–water partition coefficient (Wildman–Crippen LogP) is 1.32. The van der Waals surface area contributed by atoms with Gasteiger partial charge in [-0.1, -0.05) is 11.6 Å². The van der Waals surface area contributed by atoms with Crippen molar-refractivity contribution in [1.29, 1.82) is 0 Å². The molecule has 0 fully saturated rings. The molecule has 78 valence electrons. The fourth-order valence-electron chi connectivity index (χ4n) is 0.957. The van der Waals surface area contributed by atoms with E-state index < -0.39 is 10.0 Å². The number of sulfonamides is 1. The fraction of sp³-hybridized carbons (Fsp3) is 0.250. The van der Waals surface area contributed by atoms with Gasteiger partial charge in [-0.05, 0) is 18.2 Å². The molecular weight excluding hydrogens is 224 g/mol. The maximum atomic E-state index is 11.2. The number of hydrogen-bond donors (Lipinski definition) is 1. The summed E-state index contributed by atoms with van der Waals surface area (Å²) in [4.78, 5) is 0. The smallest absolute Gasteiger partial charge is 0.232 e. The molecule has 14 heavy (non-hydrogen) atoms. The van der Waals surface area contributed by atoms with Gasteiger partial charge in [0.2, 0.25) is 10.0 Å². The van der Waals surface area contributed by atoms with Gasteiger partial charge >= 0.3 is 0 Å². The van der Waals surface area contributed by atoms with Gasteiger partial charge in [0.15, 0.2) is 0 Å². The summed E-state index contributed by atoms with van der Waals surface area (Å²) >= 11 is 5.84. The van der Waals surface area contributed by atoms with Gasteiger partial charge in [0.25, 0.3) is 0 Å². The summed E-state index contributed by atoms with van der Waals surface area (Å²) < 4.78 is 23.5. The SMILES string of the molecule is CN(c1ccc(N)cc1Cl)S(C)(=O)=O. The molecule has 0 aromatic heterocycles. The van der Waals surface area contributed by atoms with Crippen LogP contribution >= 0.6 is 11.6 Å². The standard InChI is InChI=1S/C8H11ClN2O2S/c1-11(14(2,12)13)8-4-3-6(10)5-7(8)9/h3-5H,10H2,1-2H3. The van der Waals surface area contributed by atoms with Crippen LogP contribution in [-0.4, -0.2) is 21.7 Å². The van der Waals surface area contributed by atoms with Crippen molar-refractivity contribution in [3.8, 4) is 0 Å². The maximum Gasteiger partial charge on any atom is 0.232 e. The highest BCUT2D eigenvalue weighted by Gasteiger charge is 2.14. The van der Waals surface area contributed by atoms with E-state index in [1.54, 1.807) is 12.1 Å². The number of nitrogen functional groups attached to an aromatic ring is 1. The van der Waals surface area contributed by atoms with E-state index in [1.165, 1.54) is 13.1 Å². The van der Waals surface area contributed by atoms with Crippen molar-refractivity contribution in [1.82, 2.24) is 0 Å². The molecule has 0 spiro atoms. The molecule has 0 aliphatic carbocycles. The highest BCUT2D eigenvalue weighted by atomic mass is 35.5. The van der Waals surface area contributed by atoms with Crippen molar-refractivity contribution in [2.45, 2.75) is 0 Å². The molecule has 1 aromatic carbocycles. The summed E-state index contributed by atoms with van der Waals surface area (Å²) in [6.07, 6.45) is 1.11. The lowest BCUT2D eigenvalue weighted by atomic mass is 10.3. The van der Waals surface area contributed by atoms with E-state index in [1.807, 2.05) is 0 Å². The molecule has 0 heterocycles. The van der Waals surface area contributed by atoms with Crippen LogP contribution in [0.25, 0.3) is 0 Å². The van der Waals surface area contributed by atoms with Crippen molar-refractivity contribution in [3.05, 3.63) is 23.2 Å². The zero-order chi connectivity index (χ0) is 10.9. The Kier molecular flexibility index (Phi) is 2.92. The average Bonchev–Trinajstić information content (AvgIpc) is 2.01. The summed E-state index contributed by atoms with van der Waals surface area (Å²) in [7, 11) is -1.85. The average molecular weight is 235 g/mol. The summed E-state index contributed by atoms with van der Waals surface area (Å²) in [5.74, 6) is 0. The quantitative estimate of drug-likeness (QED) is 0.785. The number of anilines is 2. The topological polar surface area (TPSA) is 63.4 Å². The summed E-state index contributed by atoms with van der Waals surface area (Å²) in [5, 5.41) is 0.318. The lowest BCUT2D eigenvalue weighted by Gasteiger charge is -2.17. The van der Waals surface area contributed by atoms with Crippen molar-refractivity contribution in [2.24, 2.45) is 0 Å². The zero-order valence-electron chi connectivity index (χ0n) is 7.86. The highest BCUT2D eigenvalue weighted by Crippen LogP contribution is 2.28. The molecule has 6 heteroatoms. The Hall–Kier alpha value is -0.940. The lowest BCUT2D eigenvalue weighted by molar-refractivity contribution is 0.600. The molecule has 0 aliphatic rings. The first-order chi connectivity index (χ1) is 6.32. The minimum absolute atomic E-state index is 0.318. The summed E-state index contributed by atoms with van der Waals surface area (Å²) in [5.41, 5.74) is 6.40. The van der Waals surface area contributed by atoms with Crippen molar-refractivity contribution < 1.29 is 8.42 Å². The first kappa shape index (κ1) is 11.1. The Morgan fingerprint density at radius 2 is 2.00 bits per heavy atom. The first-order valence-electron chi connectivity index (χ1n) is 3.81. The molecule has 0 amide bonds. The predicted molar refractivity (Wildman–Crippen MR) is 59.1 cm³/mol. The van der Waals surface area contributed by atoms with Crippen LogP contribution < -0.4 is 10.0 Å². The first-order valence-corrected chi connectivity index (χ1v) is 6.04. The molecule has 0 bridgehead atoms. The van der Waals surface area contributed by atoms with Crippen LogP contribution in [0.1, 0.15) is 0 Å². The monoisotopic (exact) mass is 234 g/mol. The summed E-state index contributed by atoms with van der Waals surface area (Å²) in [6, 6.07) is 4.68. The van der Waals surface area contributed by atoms with Crippen molar-refractivity contribution >= 4 is 33.0 Å². The molecule has 0 radical (unpaired) electrons. The third-order valence-electron chi connectivity index (χ3n) is 1.81. The number of hydrogen-bond acceptors (Lipinski definition) is 3. The van der Waals surface area contributed by atoms with E-state index in [2.05, 4.69) is 0 Å². The van der Waals surface area contributed by atoms with Gasteiger partial charge in [0.05, 0.1) is 17.0 Å². The Balaban J connectivity index is 3.21. The maximum absolute atomic E-state index is 11.2. The molecule has 0 saturated carbocycles. The second-order valence-electron chi connectivity index (χ2n) is 2.94. The minimum atomic E-state index is -3.28. The molecule has 1 aromatic rings. The Morgan fingerprint density at radius 3 is 2.43 bits per heavy atom. The van der Waals surface area contributed by atoms with Crippen molar-refractivity contribution in [3.63, 3.8) is 0 Å².